The number of amides is 1. The van der Waals surface area contributed by atoms with E-state index in [1.165, 1.54) is 11.0 Å². The highest BCUT2D eigenvalue weighted by Crippen LogP contribution is 2.31. The number of carboxylic acid groups (broad SMARTS) is 1. The van der Waals surface area contributed by atoms with Crippen LogP contribution in [0.15, 0.2) is 36.7 Å². The Balaban J connectivity index is 1.82. The molecule has 0 radical (unpaired) electrons. The fourth-order valence-corrected chi connectivity index (χ4v) is 3.28. The Labute approximate surface area is 184 Å². The van der Waals surface area contributed by atoms with Crippen molar-refractivity contribution in [2.75, 3.05) is 31.3 Å². The molecule has 0 fully saturated rings. The molecule has 0 unspecified atom stereocenters. The van der Waals surface area contributed by atoms with Crippen LogP contribution in [0.2, 0.25) is 0 Å². The van der Waals surface area contributed by atoms with E-state index in [1.54, 1.807) is 55.9 Å². The van der Waals surface area contributed by atoms with Crippen LogP contribution in [0.5, 0.6) is 5.75 Å². The molecule has 1 N–H and O–H groups in total. The van der Waals surface area contributed by atoms with Crippen molar-refractivity contribution in [1.29, 1.82) is 0 Å². The van der Waals surface area contributed by atoms with Crippen LogP contribution in [-0.4, -0.2) is 63.7 Å². The lowest BCUT2D eigenvalue weighted by Gasteiger charge is -2.27. The molecule has 3 aromatic rings. The van der Waals surface area contributed by atoms with Crippen LogP contribution in [0, 0.1) is 0 Å². The zero-order valence-corrected chi connectivity index (χ0v) is 18.1. The first-order valence-electron chi connectivity index (χ1n) is 10.2. The van der Waals surface area contributed by atoms with Crippen molar-refractivity contribution >= 4 is 23.5 Å². The molecule has 32 heavy (non-hydrogen) atoms. The van der Waals surface area contributed by atoms with Crippen LogP contribution in [0.1, 0.15) is 31.1 Å². The number of anilines is 1. The second kappa shape index (κ2) is 8.46. The Hall–Kier alpha value is -3.66. The van der Waals surface area contributed by atoms with E-state index >= 15 is 0 Å². The highest BCUT2D eigenvalue weighted by atomic mass is 16.6. The van der Waals surface area contributed by atoms with Crippen LogP contribution in [0.4, 0.5) is 10.6 Å². The van der Waals surface area contributed by atoms with Gasteiger partial charge in [-0.05, 0) is 44.5 Å². The monoisotopic (exact) mass is 440 g/mol. The SMILES string of the molecule is CC(C)(C)OC(=O)N1CCOCCOc2cc(ccc2C(=O)O)-c2cnn3ccc1nc23. The van der Waals surface area contributed by atoms with Gasteiger partial charge in [-0.15, -0.1) is 0 Å². The molecular weight excluding hydrogens is 416 g/mol. The minimum atomic E-state index is -1.08. The topological polar surface area (TPSA) is 115 Å². The van der Waals surface area contributed by atoms with Gasteiger partial charge >= 0.3 is 12.1 Å². The number of carbonyl (C=O) groups excluding carboxylic acids is 1. The third kappa shape index (κ3) is 4.50. The third-order valence-corrected chi connectivity index (χ3v) is 4.71. The van der Waals surface area contributed by atoms with Crippen LogP contribution >= 0.6 is 0 Å². The first kappa shape index (κ1) is 21.6. The summed E-state index contributed by atoms with van der Waals surface area (Å²) in [5, 5.41) is 13.8. The van der Waals surface area contributed by atoms with Crippen molar-refractivity contribution in [3.8, 4) is 16.9 Å². The van der Waals surface area contributed by atoms with Gasteiger partial charge in [0.1, 0.15) is 29.3 Å². The molecule has 168 valence electrons. The van der Waals surface area contributed by atoms with E-state index < -0.39 is 17.7 Å². The fraction of sp³-hybridized carbons (Fsp3) is 0.364. The maximum Gasteiger partial charge on any atom is 0.416 e. The molecule has 10 nitrogen and oxygen atoms in total. The molecule has 4 bridgehead atoms. The number of aromatic carboxylic acids is 1. The van der Waals surface area contributed by atoms with Crippen molar-refractivity contribution in [2.45, 2.75) is 26.4 Å². The van der Waals surface area contributed by atoms with Crippen molar-refractivity contribution in [2.24, 2.45) is 0 Å². The summed E-state index contributed by atoms with van der Waals surface area (Å²) in [5.41, 5.74) is 1.25. The van der Waals surface area contributed by atoms with Gasteiger partial charge in [-0.1, -0.05) is 6.07 Å². The Bertz CT molecular complexity index is 1170. The second-order valence-corrected chi connectivity index (χ2v) is 8.22. The van der Waals surface area contributed by atoms with Gasteiger partial charge in [0.15, 0.2) is 5.65 Å². The first-order chi connectivity index (χ1) is 15.2. The Morgan fingerprint density at radius 2 is 1.97 bits per heavy atom. The number of ether oxygens (including phenoxy) is 3. The second-order valence-electron chi connectivity index (χ2n) is 8.22. The van der Waals surface area contributed by atoms with Crippen molar-refractivity contribution < 1.29 is 28.9 Å². The molecule has 2 aromatic heterocycles. The molecule has 1 aliphatic heterocycles. The van der Waals surface area contributed by atoms with Gasteiger partial charge in [-0.2, -0.15) is 5.10 Å². The minimum absolute atomic E-state index is 0.0575. The summed E-state index contributed by atoms with van der Waals surface area (Å²) in [6, 6.07) is 6.49. The van der Waals surface area contributed by atoms with Crippen LogP contribution in [0.3, 0.4) is 0 Å². The standard InChI is InChI=1S/C22H24N4O6/c1-22(2,3)32-21(29)25-8-9-30-10-11-31-17-12-14(4-5-15(17)20(27)28)16-13-23-26-7-6-18(25)24-19(16)26/h4-7,12-13H,8-11H2,1-3H3,(H,27,28). The summed E-state index contributed by atoms with van der Waals surface area (Å²) < 4.78 is 18.4. The van der Waals surface area contributed by atoms with Gasteiger partial charge in [0.25, 0.3) is 0 Å². The summed E-state index contributed by atoms with van der Waals surface area (Å²) in [5.74, 6) is -0.448. The van der Waals surface area contributed by atoms with E-state index in [0.29, 0.717) is 22.6 Å². The van der Waals surface area contributed by atoms with Gasteiger partial charge in [-0.25, -0.2) is 19.1 Å². The summed E-state index contributed by atoms with van der Waals surface area (Å²) in [7, 11) is 0. The Kier molecular flexibility index (Phi) is 5.70. The maximum absolute atomic E-state index is 12.9. The highest BCUT2D eigenvalue weighted by Gasteiger charge is 2.25. The molecule has 0 aliphatic carbocycles. The largest absolute Gasteiger partial charge is 0.490 e. The number of rotatable bonds is 1. The van der Waals surface area contributed by atoms with Gasteiger partial charge in [0.2, 0.25) is 0 Å². The Morgan fingerprint density at radius 3 is 2.72 bits per heavy atom. The number of fused-ring (bicyclic) bond motifs is 4. The molecule has 0 spiro atoms. The van der Waals surface area contributed by atoms with E-state index in [4.69, 9.17) is 14.2 Å². The molecule has 1 aromatic carbocycles. The van der Waals surface area contributed by atoms with Crippen molar-refractivity contribution in [3.63, 3.8) is 0 Å². The number of hydrogen-bond donors (Lipinski definition) is 1. The zero-order valence-electron chi connectivity index (χ0n) is 18.1. The number of hydrogen-bond acceptors (Lipinski definition) is 7. The van der Waals surface area contributed by atoms with Gasteiger partial charge in [-0.3, -0.25) is 4.90 Å². The van der Waals surface area contributed by atoms with Crippen LogP contribution in [-0.2, 0) is 9.47 Å². The maximum atomic E-state index is 12.9. The van der Waals surface area contributed by atoms with Crippen LogP contribution < -0.4 is 9.64 Å². The van der Waals surface area contributed by atoms with Crippen molar-refractivity contribution in [3.05, 3.63) is 42.2 Å². The van der Waals surface area contributed by atoms with E-state index in [0.717, 1.165) is 0 Å². The average molecular weight is 440 g/mol. The van der Waals surface area contributed by atoms with E-state index in [1.807, 2.05) is 0 Å². The zero-order chi connectivity index (χ0) is 22.9. The lowest BCUT2D eigenvalue weighted by atomic mass is 10.1. The smallest absolute Gasteiger partial charge is 0.416 e. The molecule has 10 heteroatoms. The molecule has 1 aliphatic rings. The van der Waals surface area contributed by atoms with Crippen molar-refractivity contribution in [1.82, 2.24) is 14.6 Å². The number of benzene rings is 1. The van der Waals surface area contributed by atoms with Gasteiger partial charge in [0.05, 0.1) is 26.0 Å². The number of nitrogens with zero attached hydrogens (tertiary/aromatic N) is 4. The molecule has 4 rings (SSSR count). The van der Waals surface area contributed by atoms with E-state index in [-0.39, 0.29) is 37.7 Å². The normalized spacial score (nSPS) is 14.7. The molecular formula is C22H24N4O6. The lowest BCUT2D eigenvalue weighted by Crippen LogP contribution is -2.39. The third-order valence-electron chi connectivity index (χ3n) is 4.71. The molecule has 0 atom stereocenters. The summed E-state index contributed by atoms with van der Waals surface area (Å²) in [4.78, 5) is 30.5. The predicted molar refractivity (Wildman–Crippen MR) is 115 cm³/mol. The first-order valence-corrected chi connectivity index (χ1v) is 10.2. The summed E-state index contributed by atoms with van der Waals surface area (Å²) in [6.07, 6.45) is 2.81. The van der Waals surface area contributed by atoms with E-state index in [9.17, 15) is 14.7 Å². The fourth-order valence-electron chi connectivity index (χ4n) is 3.28. The van der Waals surface area contributed by atoms with Gasteiger partial charge in [0, 0.05) is 11.8 Å². The minimum Gasteiger partial charge on any atom is -0.490 e. The average Bonchev–Trinajstić information content (AvgIpc) is 3.14. The highest BCUT2D eigenvalue weighted by molar-refractivity contribution is 5.93. The predicted octanol–water partition coefficient (Wildman–Crippen LogP) is 3.25. The van der Waals surface area contributed by atoms with E-state index in [2.05, 4.69) is 10.1 Å². The lowest BCUT2D eigenvalue weighted by molar-refractivity contribution is 0.0550. The molecule has 3 heterocycles. The summed E-state index contributed by atoms with van der Waals surface area (Å²) in [6.45, 7) is 6.20. The van der Waals surface area contributed by atoms with Gasteiger partial charge < -0.3 is 19.3 Å². The Morgan fingerprint density at radius 1 is 1.16 bits per heavy atom. The van der Waals surface area contributed by atoms with Crippen LogP contribution in [0.25, 0.3) is 16.8 Å². The molecule has 1 amide bonds. The molecule has 0 saturated heterocycles. The molecule has 0 saturated carbocycles. The quantitative estimate of drug-likeness (QED) is 0.613. The number of carbonyl (C=O) groups is 2. The number of aromatic nitrogens is 3. The number of carboxylic acids is 1. The summed E-state index contributed by atoms with van der Waals surface area (Å²) >= 11 is 0.